The number of anilines is 1. The molecule has 1 heterocycles. The van der Waals surface area contributed by atoms with Gasteiger partial charge in [0.05, 0.1) is 0 Å². The number of hydrogen-bond acceptors (Lipinski definition) is 1. The first kappa shape index (κ1) is 10.3. The Kier molecular flexibility index (Phi) is 3.15. The molecule has 15 heavy (non-hydrogen) atoms. The highest BCUT2D eigenvalue weighted by Gasteiger charge is 2.20. The van der Waals surface area contributed by atoms with Crippen molar-refractivity contribution in [1.29, 1.82) is 0 Å². The van der Waals surface area contributed by atoms with Gasteiger partial charge in [-0.3, -0.25) is 0 Å². The van der Waals surface area contributed by atoms with Crippen LogP contribution < -0.4 is 4.81 Å². The van der Waals surface area contributed by atoms with Crippen LogP contribution in [0.1, 0.15) is 25.3 Å². The average Bonchev–Trinajstić information content (AvgIpc) is 2.28. The average molecular weight is 199 g/mol. The highest BCUT2D eigenvalue weighted by Crippen LogP contribution is 2.27. The van der Waals surface area contributed by atoms with Crippen molar-refractivity contribution >= 4 is 18.6 Å². The molecule has 0 aromatic heterocycles. The van der Waals surface area contributed by atoms with Crippen molar-refractivity contribution in [1.82, 2.24) is 0 Å². The maximum Gasteiger partial charge on any atom is 0.277 e. The number of unbranched alkanes of at least 4 members (excludes halogenated alkanes) is 1. The lowest BCUT2D eigenvalue weighted by Gasteiger charge is -2.32. The molecule has 78 valence electrons. The van der Waals surface area contributed by atoms with Crippen LogP contribution in [-0.4, -0.2) is 13.4 Å². The lowest BCUT2D eigenvalue weighted by Crippen LogP contribution is -2.38. The standard InChI is InChI=1S/C13H18BN/c1-3-4-11-15-13-8-6-5-7-12(13)9-10-14(15)2/h5-10H,3-4,11H2,1-2H3. The van der Waals surface area contributed by atoms with Crippen LogP contribution in [0.5, 0.6) is 0 Å². The molecule has 0 radical (unpaired) electrons. The van der Waals surface area contributed by atoms with E-state index in [-0.39, 0.29) is 0 Å². The Balaban J connectivity index is 2.26. The van der Waals surface area contributed by atoms with E-state index in [2.05, 4.69) is 54.9 Å². The molecule has 0 unspecified atom stereocenters. The van der Waals surface area contributed by atoms with E-state index in [0.29, 0.717) is 6.85 Å². The smallest absolute Gasteiger partial charge is 0.277 e. The summed E-state index contributed by atoms with van der Waals surface area (Å²) in [5, 5.41) is 0. The maximum atomic E-state index is 2.50. The van der Waals surface area contributed by atoms with Crippen molar-refractivity contribution in [2.24, 2.45) is 0 Å². The van der Waals surface area contributed by atoms with Crippen LogP contribution >= 0.6 is 0 Å². The van der Waals surface area contributed by atoms with Crippen molar-refractivity contribution in [3.63, 3.8) is 0 Å². The lowest BCUT2D eigenvalue weighted by atomic mass is 9.60. The first-order chi connectivity index (χ1) is 7.33. The highest BCUT2D eigenvalue weighted by atomic mass is 15.1. The van der Waals surface area contributed by atoms with Crippen molar-refractivity contribution < 1.29 is 0 Å². The van der Waals surface area contributed by atoms with Gasteiger partial charge < -0.3 is 4.81 Å². The van der Waals surface area contributed by atoms with Crippen molar-refractivity contribution in [3.8, 4) is 0 Å². The van der Waals surface area contributed by atoms with Gasteiger partial charge in [-0.15, -0.1) is 0 Å². The molecule has 1 aromatic carbocycles. The van der Waals surface area contributed by atoms with E-state index < -0.39 is 0 Å². The molecular formula is C13H18BN. The third-order valence-corrected chi connectivity index (χ3v) is 3.04. The van der Waals surface area contributed by atoms with E-state index >= 15 is 0 Å². The second-order valence-electron chi connectivity index (χ2n) is 4.21. The molecule has 0 atom stereocenters. The Morgan fingerprint density at radius 1 is 1.27 bits per heavy atom. The Morgan fingerprint density at radius 2 is 2.07 bits per heavy atom. The molecular weight excluding hydrogens is 181 g/mol. The number of hydrogen-bond donors (Lipinski definition) is 0. The number of rotatable bonds is 3. The second kappa shape index (κ2) is 4.56. The van der Waals surface area contributed by atoms with Gasteiger partial charge in [0, 0.05) is 12.2 Å². The summed E-state index contributed by atoms with van der Waals surface area (Å²) in [6.07, 6.45) is 4.77. The van der Waals surface area contributed by atoms with Crippen LogP contribution in [0, 0.1) is 0 Å². The van der Waals surface area contributed by atoms with Gasteiger partial charge in [-0.25, -0.2) is 0 Å². The van der Waals surface area contributed by atoms with Gasteiger partial charge in [-0.1, -0.05) is 50.4 Å². The predicted molar refractivity (Wildman–Crippen MR) is 69.3 cm³/mol. The van der Waals surface area contributed by atoms with Crippen LogP contribution in [0.4, 0.5) is 5.69 Å². The van der Waals surface area contributed by atoms with E-state index in [4.69, 9.17) is 0 Å². The van der Waals surface area contributed by atoms with Crippen LogP contribution in [0.2, 0.25) is 6.82 Å². The monoisotopic (exact) mass is 199 g/mol. The molecule has 0 aliphatic carbocycles. The van der Waals surface area contributed by atoms with Gasteiger partial charge >= 0.3 is 0 Å². The largest absolute Gasteiger partial charge is 0.411 e. The molecule has 0 amide bonds. The molecule has 0 saturated heterocycles. The number of fused-ring (bicyclic) bond motifs is 1. The Labute approximate surface area is 92.9 Å². The summed E-state index contributed by atoms with van der Waals surface area (Å²) in [6.45, 7) is 6.21. The van der Waals surface area contributed by atoms with Gasteiger partial charge in [0.1, 0.15) is 0 Å². The normalized spacial score (nSPS) is 14.3. The zero-order valence-corrected chi connectivity index (χ0v) is 9.61. The van der Waals surface area contributed by atoms with Gasteiger partial charge in [0.25, 0.3) is 6.85 Å². The zero-order valence-electron chi connectivity index (χ0n) is 9.61. The minimum atomic E-state index is 0.534. The topological polar surface area (TPSA) is 3.24 Å². The maximum absolute atomic E-state index is 2.50. The zero-order chi connectivity index (χ0) is 10.7. The summed E-state index contributed by atoms with van der Waals surface area (Å²) in [5.41, 5.74) is 2.74. The molecule has 1 aliphatic heterocycles. The summed E-state index contributed by atoms with van der Waals surface area (Å²) >= 11 is 0. The quantitative estimate of drug-likeness (QED) is 0.673. The van der Waals surface area contributed by atoms with Gasteiger partial charge in [0.15, 0.2) is 0 Å². The molecule has 0 spiro atoms. The minimum absolute atomic E-state index is 0.534. The first-order valence-electron chi connectivity index (χ1n) is 5.87. The summed E-state index contributed by atoms with van der Waals surface area (Å²) in [5.74, 6) is 2.29. The SMILES string of the molecule is CCCCN1B(C)C=Cc2ccccc21. The predicted octanol–water partition coefficient (Wildman–Crippen LogP) is 3.48. The number of para-hydroxylation sites is 1. The summed E-state index contributed by atoms with van der Waals surface area (Å²) < 4.78 is 0. The van der Waals surface area contributed by atoms with Crippen molar-refractivity contribution in [3.05, 3.63) is 35.8 Å². The van der Waals surface area contributed by atoms with Gasteiger partial charge in [-0.05, 0) is 18.1 Å². The summed E-state index contributed by atoms with van der Waals surface area (Å²) in [4.78, 5) is 2.50. The van der Waals surface area contributed by atoms with E-state index in [0.717, 1.165) is 0 Å². The third kappa shape index (κ3) is 2.09. The lowest BCUT2D eigenvalue weighted by molar-refractivity contribution is 0.799. The van der Waals surface area contributed by atoms with E-state index in [9.17, 15) is 0 Å². The molecule has 1 aromatic rings. The molecule has 0 bridgehead atoms. The number of nitrogens with zero attached hydrogens (tertiary/aromatic N) is 1. The van der Waals surface area contributed by atoms with E-state index in [1.54, 1.807) is 0 Å². The molecule has 1 aliphatic rings. The van der Waals surface area contributed by atoms with Crippen LogP contribution in [0.15, 0.2) is 30.2 Å². The van der Waals surface area contributed by atoms with Crippen LogP contribution in [0.25, 0.3) is 6.08 Å². The van der Waals surface area contributed by atoms with E-state index in [1.165, 1.54) is 30.6 Å². The Morgan fingerprint density at radius 3 is 2.87 bits per heavy atom. The first-order valence-corrected chi connectivity index (χ1v) is 5.87. The Hall–Kier alpha value is -1.18. The molecule has 0 fully saturated rings. The molecule has 0 saturated carbocycles. The van der Waals surface area contributed by atoms with Crippen molar-refractivity contribution in [2.45, 2.75) is 26.6 Å². The molecule has 2 rings (SSSR count). The Bertz CT molecular complexity index is 359. The third-order valence-electron chi connectivity index (χ3n) is 3.04. The number of benzene rings is 1. The second-order valence-corrected chi connectivity index (χ2v) is 4.21. The van der Waals surface area contributed by atoms with Gasteiger partial charge in [0.2, 0.25) is 0 Å². The van der Waals surface area contributed by atoms with Crippen LogP contribution in [-0.2, 0) is 0 Å². The molecule has 0 N–H and O–H groups in total. The van der Waals surface area contributed by atoms with Gasteiger partial charge in [-0.2, -0.15) is 0 Å². The summed E-state index contributed by atoms with van der Waals surface area (Å²) in [7, 11) is 0. The van der Waals surface area contributed by atoms with E-state index in [1.807, 2.05) is 0 Å². The fourth-order valence-electron chi connectivity index (χ4n) is 2.11. The molecule has 1 nitrogen and oxygen atoms in total. The van der Waals surface area contributed by atoms with Crippen molar-refractivity contribution in [2.75, 3.05) is 11.4 Å². The molecule has 2 heteroatoms. The highest BCUT2D eigenvalue weighted by molar-refractivity contribution is 6.68. The minimum Gasteiger partial charge on any atom is -0.411 e. The summed E-state index contributed by atoms with van der Waals surface area (Å²) in [6, 6.07) is 8.66. The van der Waals surface area contributed by atoms with Crippen LogP contribution in [0.3, 0.4) is 0 Å². The fourth-order valence-corrected chi connectivity index (χ4v) is 2.11. The fraction of sp³-hybridized carbons (Fsp3) is 0.385.